The van der Waals surface area contributed by atoms with Crippen LogP contribution in [-0.4, -0.2) is 25.8 Å². The first kappa shape index (κ1) is 14.0. The van der Waals surface area contributed by atoms with E-state index in [1.54, 1.807) is 0 Å². The Hall–Kier alpha value is -0.0800. The summed E-state index contributed by atoms with van der Waals surface area (Å²) in [6.07, 6.45) is 5.20. The number of hydrogen-bond donors (Lipinski definition) is 1. The third-order valence-corrected chi connectivity index (χ3v) is 3.70. The van der Waals surface area contributed by atoms with Crippen LogP contribution in [0.2, 0.25) is 0 Å². The molecule has 16 heavy (non-hydrogen) atoms. The molecule has 0 amide bonds. The van der Waals surface area contributed by atoms with Gasteiger partial charge in [-0.2, -0.15) is 0 Å². The summed E-state index contributed by atoms with van der Waals surface area (Å²) in [5, 5.41) is 3.63. The molecule has 0 spiro atoms. The Balaban J connectivity index is 2.31. The van der Waals surface area contributed by atoms with Gasteiger partial charge in [0.2, 0.25) is 0 Å². The molecule has 0 radical (unpaired) electrons. The monoisotopic (exact) mass is 227 g/mol. The van der Waals surface area contributed by atoms with Gasteiger partial charge in [-0.1, -0.05) is 27.7 Å². The fraction of sp³-hybridized carbons (Fsp3) is 1.00. The maximum atomic E-state index is 5.41. The molecular formula is C14H29NO. The lowest BCUT2D eigenvalue weighted by molar-refractivity contribution is 0.0607. The molecule has 1 N–H and O–H groups in total. The molecule has 1 aliphatic heterocycles. The van der Waals surface area contributed by atoms with Crippen LogP contribution in [-0.2, 0) is 4.74 Å². The van der Waals surface area contributed by atoms with Gasteiger partial charge in [0.25, 0.3) is 0 Å². The Kier molecular flexibility index (Phi) is 5.77. The van der Waals surface area contributed by atoms with E-state index in [2.05, 4.69) is 33.0 Å². The molecule has 0 aromatic heterocycles. The normalized spacial score (nSPS) is 21.0. The van der Waals surface area contributed by atoms with Crippen LogP contribution in [0.15, 0.2) is 0 Å². The van der Waals surface area contributed by atoms with Crippen molar-refractivity contribution in [2.24, 2.45) is 11.3 Å². The van der Waals surface area contributed by atoms with Crippen molar-refractivity contribution in [1.29, 1.82) is 0 Å². The van der Waals surface area contributed by atoms with Gasteiger partial charge in [-0.15, -0.1) is 0 Å². The average Bonchev–Trinajstić information content (AvgIpc) is 2.24. The molecule has 96 valence electrons. The van der Waals surface area contributed by atoms with Crippen molar-refractivity contribution in [3.63, 3.8) is 0 Å². The molecular weight excluding hydrogens is 198 g/mol. The number of ether oxygens (including phenoxy) is 1. The Morgan fingerprint density at radius 1 is 1.25 bits per heavy atom. The Morgan fingerprint density at radius 3 is 2.38 bits per heavy atom. The van der Waals surface area contributed by atoms with Crippen molar-refractivity contribution in [2.75, 3.05) is 19.8 Å². The SMILES string of the molecule is CCNC(CCC1CCOCC1)C(C)(C)C. The fourth-order valence-electron chi connectivity index (χ4n) is 2.53. The lowest BCUT2D eigenvalue weighted by Crippen LogP contribution is -2.40. The van der Waals surface area contributed by atoms with Gasteiger partial charge in [-0.05, 0) is 43.6 Å². The van der Waals surface area contributed by atoms with Crippen LogP contribution in [0.5, 0.6) is 0 Å². The smallest absolute Gasteiger partial charge is 0.0468 e. The molecule has 1 atom stereocenters. The van der Waals surface area contributed by atoms with Gasteiger partial charge in [0.15, 0.2) is 0 Å². The third-order valence-electron chi connectivity index (χ3n) is 3.70. The predicted molar refractivity (Wildman–Crippen MR) is 69.7 cm³/mol. The molecule has 0 bridgehead atoms. The quantitative estimate of drug-likeness (QED) is 0.778. The van der Waals surface area contributed by atoms with Crippen molar-refractivity contribution >= 4 is 0 Å². The maximum absolute atomic E-state index is 5.41. The minimum absolute atomic E-state index is 0.376. The lowest BCUT2D eigenvalue weighted by Gasteiger charge is -2.33. The van der Waals surface area contributed by atoms with Crippen molar-refractivity contribution in [2.45, 2.75) is 59.4 Å². The topological polar surface area (TPSA) is 21.3 Å². The van der Waals surface area contributed by atoms with E-state index >= 15 is 0 Å². The van der Waals surface area contributed by atoms with Gasteiger partial charge in [-0.3, -0.25) is 0 Å². The number of hydrogen-bond acceptors (Lipinski definition) is 2. The molecule has 2 nitrogen and oxygen atoms in total. The van der Waals surface area contributed by atoms with Gasteiger partial charge >= 0.3 is 0 Å². The summed E-state index contributed by atoms with van der Waals surface area (Å²) in [5.41, 5.74) is 0.376. The molecule has 0 saturated carbocycles. The first-order chi connectivity index (χ1) is 7.54. The van der Waals surface area contributed by atoms with E-state index < -0.39 is 0 Å². The zero-order valence-electron chi connectivity index (χ0n) is 11.5. The molecule has 1 heterocycles. The molecule has 0 aromatic carbocycles. The van der Waals surface area contributed by atoms with E-state index in [0.717, 1.165) is 25.7 Å². The Bertz CT molecular complexity index is 180. The van der Waals surface area contributed by atoms with Crippen molar-refractivity contribution in [3.8, 4) is 0 Å². The first-order valence-corrected chi connectivity index (χ1v) is 6.85. The third kappa shape index (κ3) is 4.84. The highest BCUT2D eigenvalue weighted by atomic mass is 16.5. The molecule has 0 aliphatic carbocycles. The summed E-state index contributed by atoms with van der Waals surface area (Å²) in [6.45, 7) is 12.2. The molecule has 1 rings (SSSR count). The minimum atomic E-state index is 0.376. The molecule has 1 aliphatic rings. The molecule has 0 aromatic rings. The van der Waals surface area contributed by atoms with Gasteiger partial charge in [0.1, 0.15) is 0 Å². The highest BCUT2D eigenvalue weighted by Crippen LogP contribution is 2.27. The average molecular weight is 227 g/mol. The van der Waals surface area contributed by atoms with Gasteiger partial charge in [0, 0.05) is 19.3 Å². The van der Waals surface area contributed by atoms with E-state index in [1.807, 2.05) is 0 Å². The lowest BCUT2D eigenvalue weighted by atomic mass is 9.81. The first-order valence-electron chi connectivity index (χ1n) is 6.85. The van der Waals surface area contributed by atoms with Crippen LogP contribution in [0.25, 0.3) is 0 Å². The van der Waals surface area contributed by atoms with Gasteiger partial charge < -0.3 is 10.1 Å². The summed E-state index contributed by atoms with van der Waals surface area (Å²) in [4.78, 5) is 0. The number of rotatable bonds is 5. The van der Waals surface area contributed by atoms with Crippen molar-refractivity contribution in [3.05, 3.63) is 0 Å². The zero-order valence-corrected chi connectivity index (χ0v) is 11.5. The Labute approximate surface area is 101 Å². The fourth-order valence-corrected chi connectivity index (χ4v) is 2.53. The second-order valence-electron chi connectivity index (χ2n) is 6.11. The number of nitrogens with one attached hydrogen (secondary N) is 1. The summed E-state index contributed by atoms with van der Waals surface area (Å²) in [7, 11) is 0. The maximum Gasteiger partial charge on any atom is 0.0468 e. The Morgan fingerprint density at radius 2 is 1.88 bits per heavy atom. The summed E-state index contributed by atoms with van der Waals surface area (Å²) < 4.78 is 5.41. The molecule has 2 heteroatoms. The second-order valence-corrected chi connectivity index (χ2v) is 6.11. The van der Waals surface area contributed by atoms with Crippen LogP contribution < -0.4 is 5.32 Å². The molecule has 1 fully saturated rings. The van der Waals surface area contributed by atoms with E-state index in [9.17, 15) is 0 Å². The van der Waals surface area contributed by atoms with E-state index in [1.165, 1.54) is 25.7 Å². The predicted octanol–water partition coefficient (Wildman–Crippen LogP) is 3.22. The summed E-state index contributed by atoms with van der Waals surface area (Å²) in [6, 6.07) is 0.653. The van der Waals surface area contributed by atoms with E-state index in [4.69, 9.17) is 4.74 Å². The van der Waals surface area contributed by atoms with Gasteiger partial charge in [0.05, 0.1) is 0 Å². The summed E-state index contributed by atoms with van der Waals surface area (Å²) in [5.74, 6) is 0.900. The largest absolute Gasteiger partial charge is 0.381 e. The van der Waals surface area contributed by atoms with Crippen molar-refractivity contribution in [1.82, 2.24) is 5.32 Å². The van der Waals surface area contributed by atoms with Crippen LogP contribution in [0, 0.1) is 11.3 Å². The summed E-state index contributed by atoms with van der Waals surface area (Å²) >= 11 is 0. The van der Waals surface area contributed by atoms with Crippen LogP contribution in [0.1, 0.15) is 53.4 Å². The molecule has 1 unspecified atom stereocenters. The van der Waals surface area contributed by atoms with Crippen LogP contribution in [0.4, 0.5) is 0 Å². The standard InChI is InChI=1S/C14H29NO/c1-5-15-13(14(2,3)4)7-6-12-8-10-16-11-9-12/h12-13,15H,5-11H2,1-4H3. The van der Waals surface area contributed by atoms with Gasteiger partial charge in [-0.25, -0.2) is 0 Å². The van der Waals surface area contributed by atoms with E-state index in [-0.39, 0.29) is 0 Å². The highest BCUT2D eigenvalue weighted by Gasteiger charge is 2.24. The molecule has 1 saturated heterocycles. The van der Waals surface area contributed by atoms with Crippen LogP contribution >= 0.6 is 0 Å². The van der Waals surface area contributed by atoms with Crippen molar-refractivity contribution < 1.29 is 4.74 Å². The zero-order chi connectivity index (χ0) is 12.0. The highest BCUT2D eigenvalue weighted by molar-refractivity contribution is 4.81. The van der Waals surface area contributed by atoms with E-state index in [0.29, 0.717) is 11.5 Å². The van der Waals surface area contributed by atoms with Crippen LogP contribution in [0.3, 0.4) is 0 Å². The second kappa shape index (κ2) is 6.61. The minimum Gasteiger partial charge on any atom is -0.381 e.